The molecule has 0 spiro atoms. The van der Waals surface area contributed by atoms with Gasteiger partial charge in [0.05, 0.1) is 22.9 Å². The van der Waals surface area contributed by atoms with Gasteiger partial charge in [0.1, 0.15) is 0 Å². The summed E-state index contributed by atoms with van der Waals surface area (Å²) >= 11 is 1.82. The summed E-state index contributed by atoms with van der Waals surface area (Å²) in [5.74, 6) is 0.00309. The van der Waals surface area contributed by atoms with Gasteiger partial charge in [-0.3, -0.25) is 0 Å². The van der Waals surface area contributed by atoms with Crippen molar-refractivity contribution in [2.45, 2.75) is 5.16 Å². The van der Waals surface area contributed by atoms with E-state index in [0.717, 1.165) is 6.26 Å². The Labute approximate surface area is 98.3 Å². The molecule has 0 bridgehead atoms. The topological polar surface area (TPSA) is 117 Å². The molecule has 2 rings (SSSR count). The van der Waals surface area contributed by atoms with Crippen LogP contribution in [0.25, 0.3) is 11.2 Å². The number of hydrogen-bond donors (Lipinski definition) is 1. The maximum absolute atomic E-state index is 11.2. The summed E-state index contributed by atoms with van der Waals surface area (Å²) < 4.78 is 23.8. The van der Waals surface area contributed by atoms with Crippen molar-refractivity contribution in [3.63, 3.8) is 0 Å². The highest BCUT2D eigenvalue weighted by atomic mass is 127. The SMILES string of the molecule is CS(=O)(=O)c1nc(N)c2nnn(I)c2n1. The first-order valence-corrected chi connectivity index (χ1v) is 6.50. The van der Waals surface area contributed by atoms with Crippen LogP contribution in [0.3, 0.4) is 0 Å². The van der Waals surface area contributed by atoms with Crippen molar-refractivity contribution in [3.8, 4) is 0 Å². The molecule has 0 aliphatic heterocycles. The van der Waals surface area contributed by atoms with E-state index in [-0.39, 0.29) is 22.1 Å². The second kappa shape index (κ2) is 3.23. The lowest BCUT2D eigenvalue weighted by Gasteiger charge is -1.98. The lowest BCUT2D eigenvalue weighted by Crippen LogP contribution is -2.07. The minimum Gasteiger partial charge on any atom is -0.382 e. The van der Waals surface area contributed by atoms with Crippen LogP contribution in [0.2, 0.25) is 0 Å². The Kier molecular flexibility index (Phi) is 2.26. The van der Waals surface area contributed by atoms with Gasteiger partial charge in [-0.25, -0.2) is 8.42 Å². The number of nitrogens with two attached hydrogens (primary N) is 1. The second-order valence-corrected chi connectivity index (χ2v) is 5.61. The molecule has 0 radical (unpaired) electrons. The smallest absolute Gasteiger partial charge is 0.250 e. The minimum atomic E-state index is -3.49. The first-order chi connectivity index (χ1) is 6.89. The molecule has 10 heteroatoms. The van der Waals surface area contributed by atoms with E-state index in [1.165, 1.54) is 2.90 Å². The van der Waals surface area contributed by atoms with Crippen LogP contribution < -0.4 is 5.73 Å². The predicted molar refractivity (Wildman–Crippen MR) is 60.1 cm³/mol. The molecular weight excluding hydrogens is 335 g/mol. The fourth-order valence-corrected chi connectivity index (χ4v) is 1.91. The van der Waals surface area contributed by atoms with Crippen LogP contribution >= 0.6 is 22.9 Å². The van der Waals surface area contributed by atoms with E-state index < -0.39 is 9.84 Å². The molecule has 0 aliphatic carbocycles. The average molecular weight is 340 g/mol. The van der Waals surface area contributed by atoms with Crippen molar-refractivity contribution in [2.24, 2.45) is 0 Å². The third-order valence-corrected chi connectivity index (χ3v) is 3.10. The summed E-state index contributed by atoms with van der Waals surface area (Å²) in [5, 5.41) is 7.03. The number of halogens is 1. The minimum absolute atomic E-state index is 0.00309. The van der Waals surface area contributed by atoms with Crippen molar-refractivity contribution < 1.29 is 8.42 Å². The number of nitrogen functional groups attached to an aromatic ring is 1. The van der Waals surface area contributed by atoms with E-state index in [1.807, 2.05) is 22.9 Å². The molecule has 0 amide bonds. The number of sulfone groups is 1. The van der Waals surface area contributed by atoms with E-state index in [0.29, 0.717) is 0 Å². The molecular formula is C5H5IN6O2S. The molecule has 8 nitrogen and oxygen atoms in total. The van der Waals surface area contributed by atoms with Crippen LogP contribution in [0.1, 0.15) is 0 Å². The van der Waals surface area contributed by atoms with Crippen molar-refractivity contribution in [3.05, 3.63) is 0 Å². The highest BCUT2D eigenvalue weighted by Crippen LogP contribution is 2.17. The lowest BCUT2D eigenvalue weighted by atomic mass is 10.5. The molecule has 2 N–H and O–H groups in total. The molecule has 80 valence electrons. The molecule has 2 aromatic heterocycles. The van der Waals surface area contributed by atoms with Gasteiger partial charge in [0, 0.05) is 6.26 Å². The predicted octanol–water partition coefficient (Wildman–Crippen LogP) is -0.595. The number of nitrogens with zero attached hydrogens (tertiary/aromatic N) is 5. The first kappa shape index (κ1) is 10.5. The number of hydrogen-bond acceptors (Lipinski definition) is 7. The third-order valence-electron chi connectivity index (χ3n) is 1.60. The summed E-state index contributed by atoms with van der Waals surface area (Å²) in [5.41, 5.74) is 6.10. The Balaban J connectivity index is 2.88. The van der Waals surface area contributed by atoms with Crippen LogP contribution in [0, 0.1) is 0 Å². The van der Waals surface area contributed by atoms with Crippen LogP contribution in [0.4, 0.5) is 5.82 Å². The zero-order valence-electron chi connectivity index (χ0n) is 7.42. The van der Waals surface area contributed by atoms with E-state index >= 15 is 0 Å². The standard InChI is InChI=1S/C5H5IN6O2S/c1-15(13,14)5-8-3(7)2-4(9-5)12(6)11-10-2/h1H3,(H2,7,8,9). The molecule has 15 heavy (non-hydrogen) atoms. The lowest BCUT2D eigenvalue weighted by molar-refractivity contribution is 0.594. The zero-order valence-corrected chi connectivity index (χ0v) is 10.4. The zero-order chi connectivity index (χ0) is 11.2. The van der Waals surface area contributed by atoms with Gasteiger partial charge in [0.2, 0.25) is 9.84 Å². The molecule has 0 aromatic carbocycles. The van der Waals surface area contributed by atoms with E-state index in [4.69, 9.17) is 5.73 Å². The Morgan fingerprint density at radius 3 is 2.67 bits per heavy atom. The maximum atomic E-state index is 11.2. The van der Waals surface area contributed by atoms with Crippen molar-refractivity contribution in [1.29, 1.82) is 0 Å². The summed E-state index contributed by atoms with van der Waals surface area (Å²) in [7, 11) is -3.49. The summed E-state index contributed by atoms with van der Waals surface area (Å²) in [6.07, 6.45) is 1.01. The first-order valence-electron chi connectivity index (χ1n) is 3.65. The van der Waals surface area contributed by atoms with Gasteiger partial charge < -0.3 is 5.73 Å². The Morgan fingerprint density at radius 2 is 2.07 bits per heavy atom. The molecule has 0 fully saturated rings. The van der Waals surface area contributed by atoms with Crippen molar-refractivity contribution in [1.82, 2.24) is 23.2 Å². The molecule has 0 atom stereocenters. The van der Waals surface area contributed by atoms with E-state index in [1.54, 1.807) is 0 Å². The summed E-state index contributed by atoms with van der Waals surface area (Å²) in [6, 6.07) is 0. The second-order valence-electron chi connectivity index (χ2n) is 2.79. The van der Waals surface area contributed by atoms with E-state index in [9.17, 15) is 8.42 Å². The normalized spacial score (nSPS) is 12.1. The van der Waals surface area contributed by atoms with Gasteiger partial charge in [-0.15, -0.1) is 5.10 Å². The van der Waals surface area contributed by atoms with Crippen LogP contribution in [-0.2, 0) is 9.84 Å². The van der Waals surface area contributed by atoms with Gasteiger partial charge in [0.25, 0.3) is 5.16 Å². The van der Waals surface area contributed by atoms with Crippen LogP contribution in [0.15, 0.2) is 5.16 Å². The monoisotopic (exact) mass is 340 g/mol. The third kappa shape index (κ3) is 1.73. The van der Waals surface area contributed by atoms with Crippen molar-refractivity contribution in [2.75, 3.05) is 12.0 Å². The molecule has 2 heterocycles. The Morgan fingerprint density at radius 1 is 1.40 bits per heavy atom. The number of anilines is 1. The quantitative estimate of drug-likeness (QED) is 0.544. The highest BCUT2D eigenvalue weighted by molar-refractivity contribution is 14.1. The van der Waals surface area contributed by atoms with Gasteiger partial charge in [-0.1, -0.05) is 5.21 Å². The molecule has 2 aromatic rings. The number of rotatable bonds is 1. The van der Waals surface area contributed by atoms with Gasteiger partial charge >= 0.3 is 0 Å². The summed E-state index contributed by atoms with van der Waals surface area (Å²) in [6.45, 7) is 0. The summed E-state index contributed by atoms with van der Waals surface area (Å²) in [4.78, 5) is 7.46. The van der Waals surface area contributed by atoms with E-state index in [2.05, 4.69) is 20.3 Å². The fraction of sp³-hybridized carbons (Fsp3) is 0.200. The molecule has 0 saturated heterocycles. The molecule has 0 saturated carbocycles. The van der Waals surface area contributed by atoms with Gasteiger partial charge in [-0.2, -0.15) is 12.9 Å². The van der Waals surface area contributed by atoms with Crippen LogP contribution in [-0.4, -0.2) is 37.8 Å². The number of aromatic nitrogens is 5. The van der Waals surface area contributed by atoms with Crippen LogP contribution in [0.5, 0.6) is 0 Å². The maximum Gasteiger partial charge on any atom is 0.250 e. The Hall–Kier alpha value is -1.04. The van der Waals surface area contributed by atoms with Gasteiger partial charge in [-0.05, 0) is 0 Å². The average Bonchev–Trinajstić information content (AvgIpc) is 2.47. The molecule has 0 unspecified atom stereocenters. The highest BCUT2D eigenvalue weighted by Gasteiger charge is 2.17. The van der Waals surface area contributed by atoms with Crippen molar-refractivity contribution >= 4 is 49.7 Å². The molecule has 0 aliphatic rings. The largest absolute Gasteiger partial charge is 0.382 e. The van der Waals surface area contributed by atoms with Gasteiger partial charge in [0.15, 0.2) is 17.0 Å². The fourth-order valence-electron chi connectivity index (χ4n) is 0.956. The Bertz CT molecular complexity index is 634. The number of fused-ring (bicyclic) bond motifs is 1.